The van der Waals surface area contributed by atoms with Gasteiger partial charge in [-0.3, -0.25) is 9.69 Å². The molecule has 5 nitrogen and oxygen atoms in total. The van der Waals surface area contributed by atoms with E-state index in [2.05, 4.69) is 15.5 Å². The molecule has 6 heteroatoms. The second-order valence-electron chi connectivity index (χ2n) is 6.91. The Morgan fingerprint density at radius 1 is 1.33 bits per heavy atom. The van der Waals surface area contributed by atoms with Crippen LogP contribution >= 0.6 is 0 Å². The Morgan fingerprint density at radius 2 is 2.08 bits per heavy atom. The number of amides is 1. The largest absolute Gasteiger partial charge is 0.392 e. The lowest BCUT2D eigenvalue weighted by Gasteiger charge is -2.32. The molecule has 2 aliphatic heterocycles. The summed E-state index contributed by atoms with van der Waals surface area (Å²) in [4.78, 5) is 14.3. The van der Waals surface area contributed by atoms with Crippen molar-refractivity contribution in [2.75, 3.05) is 26.2 Å². The zero-order valence-electron chi connectivity index (χ0n) is 13.9. The summed E-state index contributed by atoms with van der Waals surface area (Å²) in [5.41, 5.74) is 0.745. The lowest BCUT2D eigenvalue weighted by molar-refractivity contribution is -0.123. The molecular formula is C18H26FN3O2. The molecule has 0 radical (unpaired) electrons. The fraction of sp³-hybridized carbons (Fsp3) is 0.611. The lowest BCUT2D eigenvalue weighted by Crippen LogP contribution is -2.44. The van der Waals surface area contributed by atoms with E-state index < -0.39 is 6.10 Å². The van der Waals surface area contributed by atoms with Crippen LogP contribution in [-0.4, -0.2) is 54.2 Å². The van der Waals surface area contributed by atoms with Gasteiger partial charge in [-0.15, -0.1) is 0 Å². The van der Waals surface area contributed by atoms with Crippen molar-refractivity contribution in [3.63, 3.8) is 0 Å². The highest BCUT2D eigenvalue weighted by Crippen LogP contribution is 2.19. The van der Waals surface area contributed by atoms with Crippen LogP contribution in [0.5, 0.6) is 0 Å². The van der Waals surface area contributed by atoms with E-state index in [1.165, 1.54) is 6.07 Å². The number of hydrogen-bond donors (Lipinski definition) is 3. The normalized spacial score (nSPS) is 25.8. The van der Waals surface area contributed by atoms with Crippen LogP contribution in [0.25, 0.3) is 0 Å². The number of aliphatic hydroxyl groups excluding tert-OH is 1. The fourth-order valence-corrected chi connectivity index (χ4v) is 3.50. The van der Waals surface area contributed by atoms with Gasteiger partial charge >= 0.3 is 0 Å². The number of carbonyl (C=O) groups excluding carboxylic acids is 1. The van der Waals surface area contributed by atoms with Gasteiger partial charge in [0.25, 0.3) is 0 Å². The topological polar surface area (TPSA) is 64.6 Å². The average Bonchev–Trinajstić information content (AvgIpc) is 3.03. The van der Waals surface area contributed by atoms with Crippen LogP contribution in [0.4, 0.5) is 4.39 Å². The zero-order chi connectivity index (χ0) is 16.9. The summed E-state index contributed by atoms with van der Waals surface area (Å²) in [6.07, 6.45) is 2.10. The van der Waals surface area contributed by atoms with Gasteiger partial charge in [0.05, 0.1) is 12.1 Å². The first kappa shape index (κ1) is 17.3. The second-order valence-corrected chi connectivity index (χ2v) is 6.91. The molecule has 0 bridgehead atoms. The minimum Gasteiger partial charge on any atom is -0.392 e. The van der Waals surface area contributed by atoms with Crippen molar-refractivity contribution in [3.8, 4) is 0 Å². The maximum atomic E-state index is 13.7. The van der Waals surface area contributed by atoms with Crippen LogP contribution < -0.4 is 10.6 Å². The summed E-state index contributed by atoms with van der Waals surface area (Å²) in [6, 6.07) is 6.66. The Hall–Kier alpha value is -1.50. The van der Waals surface area contributed by atoms with Gasteiger partial charge in [-0.25, -0.2) is 4.39 Å². The first-order valence-corrected chi connectivity index (χ1v) is 8.76. The number of β-amino-alcohol motifs (C(OH)–C–C–N with tert-alkyl or cyclic N) is 1. The third-order valence-electron chi connectivity index (χ3n) is 5.05. The van der Waals surface area contributed by atoms with E-state index in [1.54, 1.807) is 6.07 Å². The number of hydrogen-bond acceptors (Lipinski definition) is 4. The number of halogens is 1. The summed E-state index contributed by atoms with van der Waals surface area (Å²) in [7, 11) is 0. The van der Waals surface area contributed by atoms with Crippen LogP contribution in [0.15, 0.2) is 24.3 Å². The van der Waals surface area contributed by atoms with Crippen LogP contribution in [0.3, 0.4) is 0 Å². The fourth-order valence-electron chi connectivity index (χ4n) is 3.50. The van der Waals surface area contributed by atoms with E-state index >= 15 is 0 Å². The summed E-state index contributed by atoms with van der Waals surface area (Å²) in [5, 5.41) is 15.5. The molecule has 1 aromatic rings. The molecular weight excluding hydrogens is 309 g/mol. The summed E-state index contributed by atoms with van der Waals surface area (Å²) >= 11 is 0. The van der Waals surface area contributed by atoms with Crippen molar-refractivity contribution in [3.05, 3.63) is 35.6 Å². The molecule has 2 saturated heterocycles. The SMILES string of the molecule is O=C(NCC1CCN(Cc2ccccc2F)CC1)[C@H]1C[C@H](O)CN1. The highest BCUT2D eigenvalue weighted by molar-refractivity contribution is 5.82. The molecule has 132 valence electrons. The maximum absolute atomic E-state index is 13.7. The van der Waals surface area contributed by atoms with Gasteiger partial charge < -0.3 is 15.7 Å². The van der Waals surface area contributed by atoms with Crippen molar-refractivity contribution in [1.29, 1.82) is 0 Å². The minimum atomic E-state index is -0.414. The lowest BCUT2D eigenvalue weighted by atomic mass is 9.96. The third-order valence-corrected chi connectivity index (χ3v) is 5.05. The van der Waals surface area contributed by atoms with Crippen molar-refractivity contribution >= 4 is 5.91 Å². The van der Waals surface area contributed by atoms with Crippen molar-refractivity contribution in [2.24, 2.45) is 5.92 Å². The van der Waals surface area contributed by atoms with Gasteiger partial charge in [0.1, 0.15) is 5.82 Å². The molecule has 0 saturated carbocycles. The number of benzene rings is 1. The van der Waals surface area contributed by atoms with Crippen LogP contribution in [0, 0.1) is 11.7 Å². The molecule has 2 aliphatic rings. The Balaban J connectivity index is 1.38. The predicted molar refractivity (Wildman–Crippen MR) is 89.8 cm³/mol. The number of rotatable bonds is 5. The third kappa shape index (κ3) is 4.53. The van der Waals surface area contributed by atoms with Gasteiger partial charge in [0, 0.05) is 25.2 Å². The molecule has 0 aliphatic carbocycles. The summed E-state index contributed by atoms with van der Waals surface area (Å²) in [6.45, 7) is 3.67. The van der Waals surface area contributed by atoms with E-state index in [-0.39, 0.29) is 17.8 Å². The molecule has 0 unspecified atom stereocenters. The Bertz CT molecular complexity index is 561. The first-order valence-electron chi connectivity index (χ1n) is 8.76. The molecule has 2 atom stereocenters. The maximum Gasteiger partial charge on any atom is 0.237 e. The first-order chi connectivity index (χ1) is 11.6. The number of piperidine rings is 1. The molecule has 1 amide bonds. The minimum absolute atomic E-state index is 0.0136. The molecule has 2 heterocycles. The smallest absolute Gasteiger partial charge is 0.237 e. The van der Waals surface area contributed by atoms with E-state index in [0.29, 0.717) is 32.0 Å². The molecule has 24 heavy (non-hydrogen) atoms. The highest BCUT2D eigenvalue weighted by atomic mass is 19.1. The van der Waals surface area contributed by atoms with Gasteiger partial charge in [0.15, 0.2) is 0 Å². The second kappa shape index (κ2) is 8.05. The molecule has 2 fully saturated rings. The Labute approximate surface area is 142 Å². The van der Waals surface area contributed by atoms with Crippen LogP contribution in [-0.2, 0) is 11.3 Å². The van der Waals surface area contributed by atoms with Crippen molar-refractivity contribution in [1.82, 2.24) is 15.5 Å². The van der Waals surface area contributed by atoms with E-state index in [1.807, 2.05) is 12.1 Å². The van der Waals surface area contributed by atoms with Gasteiger partial charge in [0.2, 0.25) is 5.91 Å². The number of carbonyl (C=O) groups is 1. The standard InChI is InChI=1S/C18H26FN3O2/c19-16-4-2-1-3-14(16)12-22-7-5-13(6-8-22)10-21-18(24)17-9-15(23)11-20-17/h1-4,13,15,17,20,23H,5-12H2,(H,21,24)/t15-,17+/m0/s1. The number of likely N-dealkylation sites (tertiary alicyclic amines) is 1. The summed E-state index contributed by atoms with van der Waals surface area (Å²) in [5.74, 6) is 0.315. The number of nitrogens with zero attached hydrogens (tertiary/aromatic N) is 1. The van der Waals surface area contributed by atoms with Crippen molar-refractivity contribution < 1.29 is 14.3 Å². The number of nitrogens with one attached hydrogen (secondary N) is 2. The Morgan fingerprint density at radius 3 is 2.75 bits per heavy atom. The van der Waals surface area contributed by atoms with Crippen LogP contribution in [0.1, 0.15) is 24.8 Å². The molecule has 3 rings (SSSR count). The van der Waals surface area contributed by atoms with E-state index in [4.69, 9.17) is 0 Å². The van der Waals surface area contributed by atoms with Crippen LogP contribution in [0.2, 0.25) is 0 Å². The monoisotopic (exact) mass is 335 g/mol. The molecule has 1 aromatic carbocycles. The highest BCUT2D eigenvalue weighted by Gasteiger charge is 2.28. The average molecular weight is 335 g/mol. The number of aliphatic hydroxyl groups is 1. The quantitative estimate of drug-likeness (QED) is 0.747. The Kier molecular flexibility index (Phi) is 5.81. The predicted octanol–water partition coefficient (Wildman–Crippen LogP) is 0.877. The molecule has 0 aromatic heterocycles. The zero-order valence-corrected chi connectivity index (χ0v) is 13.9. The van der Waals surface area contributed by atoms with E-state index in [9.17, 15) is 14.3 Å². The van der Waals surface area contributed by atoms with Gasteiger partial charge in [-0.2, -0.15) is 0 Å². The van der Waals surface area contributed by atoms with E-state index in [0.717, 1.165) is 31.5 Å². The summed E-state index contributed by atoms with van der Waals surface area (Å²) < 4.78 is 13.7. The van der Waals surface area contributed by atoms with Gasteiger partial charge in [-0.05, 0) is 44.3 Å². The molecule has 0 spiro atoms. The van der Waals surface area contributed by atoms with Crippen molar-refractivity contribution in [2.45, 2.75) is 38.0 Å². The van der Waals surface area contributed by atoms with Gasteiger partial charge in [-0.1, -0.05) is 18.2 Å². The molecule has 3 N–H and O–H groups in total.